The van der Waals surface area contributed by atoms with Gasteiger partial charge in [0, 0.05) is 13.5 Å². The molecule has 0 saturated carbocycles. The molecule has 0 radical (unpaired) electrons. The van der Waals surface area contributed by atoms with E-state index in [1.165, 1.54) is 10.9 Å². The minimum absolute atomic E-state index is 0.113. The van der Waals surface area contributed by atoms with Crippen LogP contribution in [-0.2, 0) is 13.5 Å². The highest BCUT2D eigenvalue weighted by molar-refractivity contribution is 6.42. The maximum Gasteiger partial charge on any atom is 0.186 e. The van der Waals surface area contributed by atoms with Gasteiger partial charge in [0.1, 0.15) is 5.69 Å². The van der Waals surface area contributed by atoms with Crippen molar-refractivity contribution in [3.8, 4) is 0 Å². The summed E-state index contributed by atoms with van der Waals surface area (Å²) in [5, 5.41) is 5.17. The molecule has 18 heavy (non-hydrogen) atoms. The molecule has 0 saturated heterocycles. The van der Waals surface area contributed by atoms with Crippen LogP contribution >= 0.6 is 34.8 Å². The van der Waals surface area contributed by atoms with E-state index in [1.807, 2.05) is 0 Å². The zero-order valence-corrected chi connectivity index (χ0v) is 11.7. The van der Waals surface area contributed by atoms with Crippen molar-refractivity contribution >= 4 is 40.6 Å². The number of benzene rings is 1. The van der Waals surface area contributed by atoms with Gasteiger partial charge in [-0.3, -0.25) is 9.48 Å². The highest BCUT2D eigenvalue weighted by Gasteiger charge is 2.16. The molecule has 0 unspecified atom stereocenters. The number of nitrogens with zero attached hydrogens (tertiary/aromatic N) is 2. The normalized spacial score (nSPS) is 10.7. The zero-order chi connectivity index (χ0) is 13.3. The lowest BCUT2D eigenvalue weighted by Crippen LogP contribution is -2.10. The molecule has 0 amide bonds. The van der Waals surface area contributed by atoms with Crippen molar-refractivity contribution in [2.45, 2.75) is 6.42 Å². The van der Waals surface area contributed by atoms with E-state index in [0.29, 0.717) is 20.8 Å². The largest absolute Gasteiger partial charge is 0.292 e. The summed E-state index contributed by atoms with van der Waals surface area (Å²) in [5.41, 5.74) is 1.18. The first-order valence-corrected chi connectivity index (χ1v) is 6.27. The molecule has 1 aromatic carbocycles. The van der Waals surface area contributed by atoms with Crippen molar-refractivity contribution in [2.24, 2.45) is 7.05 Å². The number of Topliss-reactive ketones (excluding diaryl/α,β-unsaturated/α-hetero) is 1. The minimum atomic E-state index is -0.113. The summed E-state index contributed by atoms with van der Waals surface area (Å²) < 4.78 is 1.46. The molecule has 0 aliphatic rings. The predicted octanol–water partition coefficient (Wildman–Crippen LogP) is 3.81. The van der Waals surface area contributed by atoms with E-state index in [2.05, 4.69) is 5.10 Å². The van der Waals surface area contributed by atoms with Crippen molar-refractivity contribution in [1.82, 2.24) is 9.78 Å². The monoisotopic (exact) mass is 302 g/mol. The lowest BCUT2D eigenvalue weighted by atomic mass is 10.1. The van der Waals surface area contributed by atoms with Gasteiger partial charge in [-0.05, 0) is 17.7 Å². The van der Waals surface area contributed by atoms with Crippen LogP contribution in [0.3, 0.4) is 0 Å². The predicted molar refractivity (Wildman–Crippen MR) is 72.7 cm³/mol. The van der Waals surface area contributed by atoms with Gasteiger partial charge in [-0.1, -0.05) is 40.9 Å². The molecule has 0 fully saturated rings. The average molecular weight is 304 g/mol. The smallest absolute Gasteiger partial charge is 0.186 e. The Morgan fingerprint density at radius 2 is 1.94 bits per heavy atom. The molecule has 1 aromatic heterocycles. The van der Waals surface area contributed by atoms with E-state index in [4.69, 9.17) is 34.8 Å². The van der Waals surface area contributed by atoms with Crippen LogP contribution in [-0.4, -0.2) is 15.6 Å². The Labute approximate surface area is 119 Å². The van der Waals surface area contributed by atoms with Crippen molar-refractivity contribution in [1.29, 1.82) is 0 Å². The van der Waals surface area contributed by atoms with E-state index < -0.39 is 0 Å². The van der Waals surface area contributed by atoms with Gasteiger partial charge >= 0.3 is 0 Å². The van der Waals surface area contributed by atoms with E-state index in [-0.39, 0.29) is 12.2 Å². The molecule has 2 aromatic rings. The molecule has 6 heteroatoms. The molecular weight excluding hydrogens is 295 g/mol. The molecular formula is C12H9Cl3N2O. The Morgan fingerprint density at radius 1 is 1.22 bits per heavy atom. The van der Waals surface area contributed by atoms with Gasteiger partial charge < -0.3 is 0 Å². The summed E-state index contributed by atoms with van der Waals surface area (Å²) in [6.07, 6.45) is 1.65. The summed E-state index contributed by atoms with van der Waals surface area (Å²) >= 11 is 17.6. The third-order valence-corrected chi connectivity index (χ3v) is 3.52. The Kier molecular flexibility index (Phi) is 3.95. The van der Waals surface area contributed by atoms with Gasteiger partial charge in [-0.25, -0.2) is 0 Å². The molecule has 0 aliphatic carbocycles. The first-order chi connectivity index (χ1) is 8.49. The molecule has 1 heterocycles. The number of hydrogen-bond acceptors (Lipinski definition) is 2. The summed E-state index contributed by atoms with van der Waals surface area (Å²) in [7, 11) is 1.67. The number of rotatable bonds is 3. The van der Waals surface area contributed by atoms with Crippen LogP contribution in [0.2, 0.25) is 15.1 Å². The van der Waals surface area contributed by atoms with E-state index >= 15 is 0 Å². The van der Waals surface area contributed by atoms with Crippen LogP contribution in [0.25, 0.3) is 0 Å². The fourth-order valence-corrected chi connectivity index (χ4v) is 2.24. The Bertz CT molecular complexity index is 588. The molecule has 0 bridgehead atoms. The molecule has 0 aliphatic heterocycles. The van der Waals surface area contributed by atoms with Gasteiger partial charge in [0.05, 0.1) is 21.3 Å². The van der Waals surface area contributed by atoms with Crippen molar-refractivity contribution in [2.75, 3.05) is 0 Å². The van der Waals surface area contributed by atoms with Gasteiger partial charge in [-0.15, -0.1) is 0 Å². The van der Waals surface area contributed by atoms with E-state index in [0.717, 1.165) is 5.56 Å². The maximum absolute atomic E-state index is 12.1. The third-order valence-electron chi connectivity index (χ3n) is 2.51. The van der Waals surface area contributed by atoms with Crippen LogP contribution < -0.4 is 0 Å². The Balaban J connectivity index is 2.24. The molecule has 0 atom stereocenters. The van der Waals surface area contributed by atoms with Gasteiger partial charge in [0.25, 0.3) is 0 Å². The topological polar surface area (TPSA) is 34.9 Å². The van der Waals surface area contributed by atoms with Crippen molar-refractivity contribution < 1.29 is 4.79 Å². The Morgan fingerprint density at radius 3 is 2.50 bits per heavy atom. The number of hydrogen-bond donors (Lipinski definition) is 0. The minimum Gasteiger partial charge on any atom is -0.292 e. The summed E-state index contributed by atoms with van der Waals surface area (Å²) in [6, 6.07) is 5.10. The number of carbonyl (C=O) groups is 1. The number of halogens is 3. The van der Waals surface area contributed by atoms with Crippen LogP contribution in [0.4, 0.5) is 0 Å². The van der Waals surface area contributed by atoms with Crippen LogP contribution in [0, 0.1) is 0 Å². The lowest BCUT2D eigenvalue weighted by Gasteiger charge is -2.04. The zero-order valence-electron chi connectivity index (χ0n) is 9.45. The lowest BCUT2D eigenvalue weighted by molar-refractivity contribution is 0.0984. The number of aryl methyl sites for hydroxylation is 1. The van der Waals surface area contributed by atoms with E-state index in [1.54, 1.807) is 25.2 Å². The van der Waals surface area contributed by atoms with Gasteiger partial charge in [0.2, 0.25) is 0 Å². The van der Waals surface area contributed by atoms with Gasteiger partial charge in [0.15, 0.2) is 5.78 Å². The molecule has 94 valence electrons. The SMILES string of the molecule is Cn1ncc(Cl)c1C(=O)Cc1ccc(Cl)c(Cl)c1. The first-order valence-electron chi connectivity index (χ1n) is 5.13. The van der Waals surface area contributed by atoms with Gasteiger partial charge in [-0.2, -0.15) is 5.10 Å². The first kappa shape index (κ1) is 13.4. The fourth-order valence-electron chi connectivity index (χ4n) is 1.64. The van der Waals surface area contributed by atoms with Crippen molar-refractivity contribution in [3.05, 3.63) is 50.7 Å². The standard InChI is InChI=1S/C12H9Cl3N2O/c1-17-12(10(15)6-16-17)11(18)5-7-2-3-8(13)9(14)4-7/h2-4,6H,5H2,1H3. The highest BCUT2D eigenvalue weighted by Crippen LogP contribution is 2.24. The average Bonchev–Trinajstić information content (AvgIpc) is 2.64. The highest BCUT2D eigenvalue weighted by atomic mass is 35.5. The van der Waals surface area contributed by atoms with Crippen LogP contribution in [0.5, 0.6) is 0 Å². The second-order valence-electron chi connectivity index (χ2n) is 3.81. The number of aromatic nitrogens is 2. The Hall–Kier alpha value is -1.03. The quantitative estimate of drug-likeness (QED) is 0.808. The van der Waals surface area contributed by atoms with Crippen LogP contribution in [0.15, 0.2) is 24.4 Å². The van der Waals surface area contributed by atoms with Crippen molar-refractivity contribution in [3.63, 3.8) is 0 Å². The number of carbonyl (C=O) groups excluding carboxylic acids is 1. The second kappa shape index (κ2) is 5.31. The maximum atomic E-state index is 12.1. The molecule has 3 nitrogen and oxygen atoms in total. The fraction of sp³-hybridized carbons (Fsp3) is 0.167. The summed E-state index contributed by atoms with van der Waals surface area (Å²) in [6.45, 7) is 0. The van der Waals surface area contributed by atoms with Crippen LogP contribution in [0.1, 0.15) is 16.1 Å². The molecule has 2 rings (SSSR count). The second-order valence-corrected chi connectivity index (χ2v) is 5.03. The number of ketones is 1. The summed E-state index contributed by atoms with van der Waals surface area (Å²) in [4.78, 5) is 12.1. The molecule has 0 N–H and O–H groups in total. The molecule has 0 spiro atoms. The third kappa shape index (κ3) is 2.69. The van der Waals surface area contributed by atoms with E-state index in [9.17, 15) is 4.79 Å². The summed E-state index contributed by atoms with van der Waals surface area (Å²) in [5.74, 6) is -0.113.